The van der Waals surface area contributed by atoms with E-state index in [1.54, 1.807) is 10.9 Å². The van der Waals surface area contributed by atoms with Crippen molar-refractivity contribution in [2.75, 3.05) is 6.26 Å². The van der Waals surface area contributed by atoms with Gasteiger partial charge in [-0.05, 0) is 0 Å². The van der Waals surface area contributed by atoms with Crippen molar-refractivity contribution in [2.45, 2.75) is 31.6 Å². The average molecular weight is 247 g/mol. The van der Waals surface area contributed by atoms with Gasteiger partial charge in [-0.15, -0.1) is 5.10 Å². The SMILES string of the molecule is C[Si](C)(C)Cn1cc(CS(C)(=O)=O)nn1. The smallest absolute Gasteiger partial charge is 0.153 e. The molecular weight excluding hydrogens is 230 g/mol. The molecule has 0 fully saturated rings. The van der Waals surface area contributed by atoms with Crippen LogP contribution in [0.2, 0.25) is 19.6 Å². The molecule has 0 amide bonds. The Bertz CT molecular complexity index is 433. The van der Waals surface area contributed by atoms with E-state index in [1.165, 1.54) is 6.26 Å². The molecule has 1 rings (SSSR count). The Kier molecular flexibility index (Phi) is 3.34. The van der Waals surface area contributed by atoms with E-state index in [0.29, 0.717) is 5.69 Å². The maximum absolute atomic E-state index is 11.0. The van der Waals surface area contributed by atoms with Crippen LogP contribution < -0.4 is 0 Å². The second-order valence-corrected chi connectivity index (χ2v) is 12.6. The summed E-state index contributed by atoms with van der Waals surface area (Å²) in [4.78, 5) is 0. The van der Waals surface area contributed by atoms with Crippen molar-refractivity contribution < 1.29 is 8.42 Å². The molecule has 5 nitrogen and oxygen atoms in total. The zero-order valence-electron chi connectivity index (χ0n) is 9.56. The molecule has 0 unspecified atom stereocenters. The summed E-state index contributed by atoms with van der Waals surface area (Å²) in [7, 11) is -4.24. The topological polar surface area (TPSA) is 64.8 Å². The van der Waals surface area contributed by atoms with Crippen LogP contribution in [0.15, 0.2) is 6.20 Å². The molecule has 0 spiro atoms. The lowest BCUT2D eigenvalue weighted by Crippen LogP contribution is -2.28. The van der Waals surface area contributed by atoms with E-state index in [9.17, 15) is 8.42 Å². The Balaban J connectivity index is 2.73. The van der Waals surface area contributed by atoms with Crippen LogP contribution in [0.25, 0.3) is 0 Å². The third-order valence-electron chi connectivity index (χ3n) is 1.63. The van der Waals surface area contributed by atoms with E-state index in [2.05, 4.69) is 30.0 Å². The summed E-state index contributed by atoms with van der Waals surface area (Å²) in [5.74, 6) is -0.0291. The number of sulfone groups is 1. The van der Waals surface area contributed by atoms with Crippen LogP contribution in [0.5, 0.6) is 0 Å². The molecule has 1 aromatic heterocycles. The molecule has 0 atom stereocenters. The van der Waals surface area contributed by atoms with Gasteiger partial charge in [0.1, 0.15) is 0 Å². The predicted octanol–water partition coefficient (Wildman–Crippen LogP) is 0.700. The summed E-state index contributed by atoms with van der Waals surface area (Å²) in [6.45, 7) is 6.68. The van der Waals surface area contributed by atoms with Crippen molar-refractivity contribution in [1.82, 2.24) is 15.0 Å². The van der Waals surface area contributed by atoms with Gasteiger partial charge in [-0.2, -0.15) is 0 Å². The van der Waals surface area contributed by atoms with Crippen LogP contribution in [-0.4, -0.2) is 37.7 Å². The minimum Gasteiger partial charge on any atom is -0.255 e. The Hall–Kier alpha value is -0.693. The largest absolute Gasteiger partial charge is 0.255 e. The maximum Gasteiger partial charge on any atom is 0.153 e. The summed E-state index contributed by atoms with van der Waals surface area (Å²) in [5, 5.41) is 7.76. The van der Waals surface area contributed by atoms with Crippen molar-refractivity contribution in [2.24, 2.45) is 0 Å². The van der Waals surface area contributed by atoms with Gasteiger partial charge in [0.2, 0.25) is 0 Å². The molecule has 15 heavy (non-hydrogen) atoms. The summed E-state index contributed by atoms with van der Waals surface area (Å²) >= 11 is 0. The van der Waals surface area contributed by atoms with E-state index in [1.807, 2.05) is 0 Å². The molecule has 1 heterocycles. The number of rotatable bonds is 4. The number of hydrogen-bond donors (Lipinski definition) is 0. The van der Waals surface area contributed by atoms with Gasteiger partial charge in [-0.3, -0.25) is 4.68 Å². The summed E-state index contributed by atoms with van der Waals surface area (Å²) in [6, 6.07) is 0. The first kappa shape index (κ1) is 12.4. The fourth-order valence-corrected chi connectivity index (χ4v) is 3.03. The van der Waals surface area contributed by atoms with E-state index in [4.69, 9.17) is 0 Å². The standard InChI is InChI=1S/C8H17N3O2SSi/c1-14(12,13)6-8-5-11(10-9-8)7-15(2,3)4/h5H,6-7H2,1-4H3. The molecule has 0 radical (unpaired) electrons. The molecule has 1 aromatic rings. The molecule has 86 valence electrons. The zero-order chi connectivity index (χ0) is 11.7. The van der Waals surface area contributed by atoms with Gasteiger partial charge < -0.3 is 0 Å². The van der Waals surface area contributed by atoms with Gasteiger partial charge in [0.15, 0.2) is 9.84 Å². The molecule has 0 saturated carbocycles. The van der Waals surface area contributed by atoms with Gasteiger partial charge in [0.05, 0.1) is 19.5 Å². The van der Waals surface area contributed by atoms with E-state index in [-0.39, 0.29) is 5.75 Å². The van der Waals surface area contributed by atoms with Crippen molar-refractivity contribution in [3.8, 4) is 0 Å². The lowest BCUT2D eigenvalue weighted by atomic mass is 10.6. The Morgan fingerprint density at radius 2 is 2.00 bits per heavy atom. The van der Waals surface area contributed by atoms with Crippen molar-refractivity contribution in [1.29, 1.82) is 0 Å². The normalized spacial score (nSPS) is 13.1. The van der Waals surface area contributed by atoms with E-state index < -0.39 is 17.9 Å². The predicted molar refractivity (Wildman–Crippen MR) is 61.9 cm³/mol. The van der Waals surface area contributed by atoms with Crippen molar-refractivity contribution in [3.05, 3.63) is 11.9 Å². The van der Waals surface area contributed by atoms with Crippen LogP contribution in [0.3, 0.4) is 0 Å². The van der Waals surface area contributed by atoms with Crippen LogP contribution >= 0.6 is 0 Å². The molecular formula is C8H17N3O2SSi. The molecule has 0 aliphatic rings. The molecule has 0 aliphatic heterocycles. The van der Waals surface area contributed by atoms with Crippen LogP contribution in [-0.2, 0) is 21.8 Å². The number of aromatic nitrogens is 3. The van der Waals surface area contributed by atoms with Gasteiger partial charge in [0, 0.05) is 18.6 Å². The third kappa shape index (κ3) is 5.08. The van der Waals surface area contributed by atoms with Crippen LogP contribution in [0, 0.1) is 0 Å². The van der Waals surface area contributed by atoms with E-state index >= 15 is 0 Å². The fraction of sp³-hybridized carbons (Fsp3) is 0.750. The molecule has 0 aromatic carbocycles. The highest BCUT2D eigenvalue weighted by Gasteiger charge is 2.16. The highest BCUT2D eigenvalue weighted by atomic mass is 32.2. The number of hydrogen-bond acceptors (Lipinski definition) is 4. The lowest BCUT2D eigenvalue weighted by molar-refractivity contribution is 0.600. The minimum absolute atomic E-state index is 0.0291. The van der Waals surface area contributed by atoms with E-state index in [0.717, 1.165) is 6.17 Å². The van der Waals surface area contributed by atoms with Crippen LogP contribution in [0.1, 0.15) is 5.69 Å². The molecule has 0 N–H and O–H groups in total. The van der Waals surface area contributed by atoms with Crippen molar-refractivity contribution in [3.63, 3.8) is 0 Å². The second-order valence-electron chi connectivity index (χ2n) is 5.04. The Morgan fingerprint density at radius 1 is 1.40 bits per heavy atom. The summed E-state index contributed by atoms with van der Waals surface area (Å²) in [5.41, 5.74) is 0.524. The summed E-state index contributed by atoms with van der Waals surface area (Å²) < 4.78 is 23.8. The fourth-order valence-electron chi connectivity index (χ4n) is 1.24. The van der Waals surface area contributed by atoms with Crippen LogP contribution in [0.4, 0.5) is 0 Å². The maximum atomic E-state index is 11.0. The Morgan fingerprint density at radius 3 is 2.47 bits per heavy atom. The van der Waals surface area contributed by atoms with Gasteiger partial charge >= 0.3 is 0 Å². The monoisotopic (exact) mass is 247 g/mol. The second kappa shape index (κ2) is 4.05. The Labute approximate surface area is 91.4 Å². The van der Waals surface area contributed by atoms with Gasteiger partial charge in [-0.25, -0.2) is 8.42 Å². The van der Waals surface area contributed by atoms with Gasteiger partial charge in [0.25, 0.3) is 0 Å². The third-order valence-corrected chi connectivity index (χ3v) is 3.73. The van der Waals surface area contributed by atoms with Crippen molar-refractivity contribution >= 4 is 17.9 Å². The number of nitrogens with zero attached hydrogens (tertiary/aromatic N) is 3. The highest BCUT2D eigenvalue weighted by Crippen LogP contribution is 2.05. The lowest BCUT2D eigenvalue weighted by Gasteiger charge is -2.14. The molecule has 7 heteroatoms. The average Bonchev–Trinajstić information content (AvgIpc) is 2.28. The first-order valence-corrected chi connectivity index (χ1v) is 10.5. The zero-order valence-corrected chi connectivity index (χ0v) is 11.4. The minimum atomic E-state index is -3.01. The summed E-state index contributed by atoms with van der Waals surface area (Å²) in [6.07, 6.45) is 3.79. The van der Waals surface area contributed by atoms with Gasteiger partial charge in [-0.1, -0.05) is 24.9 Å². The first-order chi connectivity index (χ1) is 6.66. The first-order valence-electron chi connectivity index (χ1n) is 4.72. The molecule has 0 saturated heterocycles. The molecule has 0 aliphatic carbocycles. The highest BCUT2D eigenvalue weighted by molar-refractivity contribution is 7.89. The molecule has 0 bridgehead atoms. The quantitative estimate of drug-likeness (QED) is 0.735.